The Kier molecular flexibility index (Phi) is 7.94. The molecule has 0 spiro atoms. The maximum atomic E-state index is 13.0. The van der Waals surface area contributed by atoms with Gasteiger partial charge in [0, 0.05) is 17.3 Å². The third-order valence-electron chi connectivity index (χ3n) is 6.84. The smallest absolute Gasteiger partial charge is 0.326 e. The van der Waals surface area contributed by atoms with Gasteiger partial charge in [0.1, 0.15) is 5.69 Å². The Morgan fingerprint density at radius 2 is 2.13 bits per heavy atom. The summed E-state index contributed by atoms with van der Waals surface area (Å²) in [5.41, 5.74) is 1.62. The summed E-state index contributed by atoms with van der Waals surface area (Å²) in [5.74, 6) is -0.342. The fraction of sp³-hybridized carbons (Fsp3) is 0.444. The lowest BCUT2D eigenvalue weighted by Crippen LogP contribution is -2.33. The van der Waals surface area contributed by atoms with E-state index in [1.165, 1.54) is 11.3 Å². The number of hydrogen-bond donors (Lipinski definition) is 4. The Bertz CT molecular complexity index is 1640. The molecule has 4 aromatic rings. The van der Waals surface area contributed by atoms with Crippen LogP contribution in [0.3, 0.4) is 0 Å². The summed E-state index contributed by atoms with van der Waals surface area (Å²) in [7, 11) is 0. The maximum absolute atomic E-state index is 13.0. The molecule has 1 unspecified atom stereocenters. The van der Waals surface area contributed by atoms with Crippen molar-refractivity contribution in [2.45, 2.75) is 58.5 Å². The van der Waals surface area contributed by atoms with E-state index in [1.54, 1.807) is 16.8 Å². The number of aromatic hydroxyl groups is 1. The average Bonchev–Trinajstić information content (AvgIpc) is 3.29. The molecule has 0 saturated heterocycles. The van der Waals surface area contributed by atoms with Crippen LogP contribution >= 0.6 is 11.3 Å². The standard InChI is InChI=1S/C27H34N8O3S/c1-4-34(5-2)12-6-7-16(3)29-26(37)22-11-10-21(39-22)19-14-23(30-18-8-9-18)35-24(31-19)17(15-28-35)13-20-25(36)33-27(38)32-20/h10-11,13-16,18,36H,4-9,12H2,1-3H3,(H,29,37)(H2,32,33,38)/b17-13-,30-23?. The van der Waals surface area contributed by atoms with Gasteiger partial charge in [0.05, 0.1) is 27.7 Å². The molecule has 11 nitrogen and oxygen atoms in total. The van der Waals surface area contributed by atoms with Crippen molar-refractivity contribution in [1.29, 1.82) is 0 Å². The molecule has 1 fully saturated rings. The molecule has 1 aliphatic carbocycles. The van der Waals surface area contributed by atoms with Crippen LogP contribution in [0, 0.1) is 0 Å². The topological polar surface area (TPSA) is 144 Å². The molecule has 39 heavy (non-hydrogen) atoms. The fourth-order valence-electron chi connectivity index (χ4n) is 4.45. The lowest BCUT2D eigenvalue weighted by atomic mass is 10.1. The minimum atomic E-state index is -0.504. The normalized spacial score (nSPS) is 15.5. The van der Waals surface area contributed by atoms with Gasteiger partial charge in [-0.05, 0) is 70.5 Å². The molecule has 0 aliphatic heterocycles. The van der Waals surface area contributed by atoms with Crippen molar-refractivity contribution < 1.29 is 9.90 Å². The van der Waals surface area contributed by atoms with Gasteiger partial charge in [0.2, 0.25) is 5.88 Å². The van der Waals surface area contributed by atoms with Crippen LogP contribution in [0.2, 0.25) is 0 Å². The van der Waals surface area contributed by atoms with Gasteiger partial charge in [0.15, 0.2) is 11.1 Å². The second kappa shape index (κ2) is 11.5. The van der Waals surface area contributed by atoms with Crippen LogP contribution in [-0.2, 0) is 0 Å². The number of thiophene rings is 1. The van der Waals surface area contributed by atoms with Crippen molar-refractivity contribution in [2.24, 2.45) is 4.99 Å². The van der Waals surface area contributed by atoms with E-state index in [9.17, 15) is 14.7 Å². The van der Waals surface area contributed by atoms with E-state index in [0.717, 1.165) is 50.2 Å². The molecule has 4 N–H and O–H groups in total. The number of H-pyrrole nitrogens is 2. The summed E-state index contributed by atoms with van der Waals surface area (Å²) in [5, 5.41) is 18.2. The minimum absolute atomic E-state index is 0.0817. The molecule has 1 saturated carbocycles. The molecule has 12 heteroatoms. The molecule has 206 valence electrons. The predicted molar refractivity (Wildman–Crippen MR) is 151 cm³/mol. The van der Waals surface area contributed by atoms with Gasteiger partial charge in [-0.25, -0.2) is 9.78 Å². The van der Waals surface area contributed by atoms with Crippen molar-refractivity contribution in [1.82, 2.24) is 34.8 Å². The second-order valence-corrected chi connectivity index (χ2v) is 11.0. The zero-order chi connectivity index (χ0) is 27.5. The quantitative estimate of drug-likeness (QED) is 0.225. The van der Waals surface area contributed by atoms with E-state index in [1.807, 2.05) is 25.1 Å². The highest BCUT2D eigenvalue weighted by Gasteiger charge is 2.21. The van der Waals surface area contributed by atoms with Gasteiger partial charge in [-0.3, -0.25) is 14.8 Å². The zero-order valence-corrected chi connectivity index (χ0v) is 23.2. The first kappa shape index (κ1) is 26.8. The number of nitrogens with one attached hydrogen (secondary N) is 3. The summed E-state index contributed by atoms with van der Waals surface area (Å²) >= 11 is 1.39. The number of aromatic nitrogens is 5. The first-order valence-corrected chi connectivity index (χ1v) is 14.2. The highest BCUT2D eigenvalue weighted by Crippen LogP contribution is 2.27. The van der Waals surface area contributed by atoms with Gasteiger partial charge in [-0.2, -0.15) is 9.61 Å². The Morgan fingerprint density at radius 3 is 2.82 bits per heavy atom. The molecular weight excluding hydrogens is 516 g/mol. The summed E-state index contributed by atoms with van der Waals surface area (Å²) in [6.07, 6.45) is 7.27. The van der Waals surface area contributed by atoms with Crippen LogP contribution in [0.25, 0.3) is 22.3 Å². The summed E-state index contributed by atoms with van der Waals surface area (Å²) in [4.78, 5) is 42.9. The van der Waals surface area contributed by atoms with Crippen molar-refractivity contribution in [3.8, 4) is 16.5 Å². The largest absolute Gasteiger partial charge is 0.493 e. The van der Waals surface area contributed by atoms with Crippen LogP contribution < -0.4 is 21.7 Å². The molecule has 4 aromatic heterocycles. The predicted octanol–water partition coefficient (Wildman–Crippen LogP) is 2.03. The third kappa shape index (κ3) is 6.28. The molecule has 5 rings (SSSR count). The molecule has 4 heterocycles. The highest BCUT2D eigenvalue weighted by molar-refractivity contribution is 7.17. The highest BCUT2D eigenvalue weighted by atomic mass is 32.1. The zero-order valence-electron chi connectivity index (χ0n) is 22.4. The van der Waals surface area contributed by atoms with Gasteiger partial charge in [0.25, 0.3) is 5.91 Å². The lowest BCUT2D eigenvalue weighted by Gasteiger charge is -2.19. The van der Waals surface area contributed by atoms with Crippen LogP contribution in [0.5, 0.6) is 5.88 Å². The first-order valence-electron chi connectivity index (χ1n) is 13.4. The Balaban J connectivity index is 1.40. The van der Waals surface area contributed by atoms with E-state index < -0.39 is 5.69 Å². The first-order chi connectivity index (χ1) is 18.8. The fourth-order valence-corrected chi connectivity index (χ4v) is 5.32. The van der Waals surface area contributed by atoms with Crippen molar-refractivity contribution in [2.75, 3.05) is 19.6 Å². The van der Waals surface area contributed by atoms with Gasteiger partial charge in [-0.1, -0.05) is 13.8 Å². The van der Waals surface area contributed by atoms with Gasteiger partial charge < -0.3 is 20.3 Å². The molecule has 0 aromatic carbocycles. The minimum Gasteiger partial charge on any atom is -0.493 e. The Morgan fingerprint density at radius 1 is 1.33 bits per heavy atom. The molecule has 0 radical (unpaired) electrons. The number of carbonyl (C=O) groups excluding carboxylic acids is 1. The summed E-state index contributed by atoms with van der Waals surface area (Å²) < 4.78 is 1.66. The SMILES string of the molecule is CCN(CC)CCCC(C)NC(=O)c1ccc(-c2cc(=NC3CC3)n3nc/c(=C/c4[nH]c(=O)[nH]c4O)c3n2)s1. The lowest BCUT2D eigenvalue weighted by molar-refractivity contribution is 0.0941. The van der Waals surface area contributed by atoms with Crippen molar-refractivity contribution in [3.05, 3.63) is 56.2 Å². The Labute approximate surface area is 229 Å². The average molecular weight is 551 g/mol. The number of imidazole rings is 1. The van der Waals surface area contributed by atoms with Crippen LogP contribution in [0.15, 0.2) is 34.2 Å². The van der Waals surface area contributed by atoms with Crippen LogP contribution in [0.4, 0.5) is 0 Å². The number of amides is 1. The monoisotopic (exact) mass is 550 g/mol. The van der Waals surface area contributed by atoms with E-state index in [2.05, 4.69) is 39.1 Å². The van der Waals surface area contributed by atoms with Crippen LogP contribution in [0.1, 0.15) is 61.8 Å². The number of aromatic amines is 2. The maximum Gasteiger partial charge on any atom is 0.326 e. The number of carbonyl (C=O) groups is 1. The molecule has 0 bridgehead atoms. The summed E-state index contributed by atoms with van der Waals surface area (Å²) in [6, 6.07) is 5.96. The van der Waals surface area contributed by atoms with E-state index in [-0.39, 0.29) is 29.6 Å². The van der Waals surface area contributed by atoms with E-state index in [4.69, 9.17) is 9.98 Å². The third-order valence-corrected chi connectivity index (χ3v) is 7.95. The van der Waals surface area contributed by atoms with Crippen LogP contribution in [-0.4, -0.2) is 72.2 Å². The number of nitrogens with zero attached hydrogens (tertiary/aromatic N) is 5. The van der Waals surface area contributed by atoms with Crippen molar-refractivity contribution in [3.63, 3.8) is 0 Å². The molecular formula is C27H34N8O3S. The Hall–Kier alpha value is -3.77. The van der Waals surface area contributed by atoms with Gasteiger partial charge in [-0.15, -0.1) is 11.3 Å². The molecule has 1 atom stereocenters. The van der Waals surface area contributed by atoms with Gasteiger partial charge >= 0.3 is 5.69 Å². The number of hydrogen-bond acceptors (Lipinski definition) is 8. The van der Waals surface area contributed by atoms with E-state index >= 15 is 0 Å². The second-order valence-electron chi connectivity index (χ2n) is 9.89. The van der Waals surface area contributed by atoms with E-state index in [0.29, 0.717) is 26.9 Å². The molecule has 1 amide bonds. The van der Waals surface area contributed by atoms with Crippen molar-refractivity contribution >= 4 is 29.0 Å². The molecule has 1 aliphatic rings. The number of fused-ring (bicyclic) bond motifs is 1. The summed E-state index contributed by atoms with van der Waals surface area (Å²) in [6.45, 7) is 9.49. The number of rotatable bonds is 11.